The van der Waals surface area contributed by atoms with Gasteiger partial charge in [-0.05, 0) is 45.0 Å². The summed E-state index contributed by atoms with van der Waals surface area (Å²) in [6.07, 6.45) is 3.62. The molecule has 0 aliphatic carbocycles. The molecule has 1 fully saturated rings. The second kappa shape index (κ2) is 9.68. The summed E-state index contributed by atoms with van der Waals surface area (Å²) in [5.74, 6) is 1.10. The number of aromatic nitrogens is 5. The first-order chi connectivity index (χ1) is 14.1. The SMILES string of the molecule is COc1cccc(-c2noc(C(C)NC(=O)c3cn(C4CCNCC4)nn3)n2)c1.Cl. The van der Waals surface area contributed by atoms with Gasteiger partial charge in [-0.2, -0.15) is 4.98 Å². The first kappa shape index (κ1) is 21.7. The van der Waals surface area contributed by atoms with Crippen LogP contribution in [0.3, 0.4) is 0 Å². The molecule has 1 unspecified atom stereocenters. The highest BCUT2D eigenvalue weighted by atomic mass is 35.5. The number of benzene rings is 1. The van der Waals surface area contributed by atoms with Crippen molar-refractivity contribution < 1.29 is 14.1 Å². The third kappa shape index (κ3) is 4.77. The molecule has 160 valence electrons. The number of rotatable bonds is 6. The summed E-state index contributed by atoms with van der Waals surface area (Å²) in [6.45, 7) is 3.66. The van der Waals surface area contributed by atoms with E-state index in [2.05, 4.69) is 31.1 Å². The lowest BCUT2D eigenvalue weighted by molar-refractivity contribution is 0.0927. The molecule has 1 atom stereocenters. The van der Waals surface area contributed by atoms with E-state index in [1.165, 1.54) is 0 Å². The molecule has 0 bridgehead atoms. The van der Waals surface area contributed by atoms with Crippen LogP contribution in [-0.4, -0.2) is 51.2 Å². The fraction of sp³-hybridized carbons (Fsp3) is 0.421. The molecular weight excluding hydrogens is 410 g/mol. The monoisotopic (exact) mass is 433 g/mol. The lowest BCUT2D eigenvalue weighted by Gasteiger charge is -2.22. The summed E-state index contributed by atoms with van der Waals surface area (Å²) in [6, 6.07) is 7.16. The van der Waals surface area contributed by atoms with Crippen molar-refractivity contribution in [2.75, 3.05) is 20.2 Å². The first-order valence-electron chi connectivity index (χ1n) is 9.55. The van der Waals surface area contributed by atoms with E-state index in [0.29, 0.717) is 17.5 Å². The minimum absolute atomic E-state index is 0. The Hall–Kier alpha value is -2.98. The number of amides is 1. The zero-order valence-corrected chi connectivity index (χ0v) is 17.6. The fourth-order valence-corrected chi connectivity index (χ4v) is 3.25. The van der Waals surface area contributed by atoms with Gasteiger partial charge < -0.3 is 19.9 Å². The maximum Gasteiger partial charge on any atom is 0.274 e. The van der Waals surface area contributed by atoms with Crippen molar-refractivity contribution in [2.45, 2.75) is 31.8 Å². The lowest BCUT2D eigenvalue weighted by Crippen LogP contribution is -2.29. The average Bonchev–Trinajstić information content (AvgIpc) is 3.45. The molecule has 10 nitrogen and oxygen atoms in total. The topological polar surface area (TPSA) is 120 Å². The number of methoxy groups -OCH3 is 1. The molecule has 11 heteroatoms. The molecule has 1 aliphatic rings. The van der Waals surface area contributed by atoms with Crippen LogP contribution in [0.2, 0.25) is 0 Å². The highest BCUT2D eigenvalue weighted by molar-refractivity contribution is 5.92. The number of carbonyl (C=O) groups is 1. The van der Waals surface area contributed by atoms with Crippen molar-refractivity contribution in [1.82, 2.24) is 35.8 Å². The number of nitrogens with zero attached hydrogens (tertiary/aromatic N) is 5. The van der Waals surface area contributed by atoms with E-state index < -0.39 is 6.04 Å². The number of halogens is 1. The van der Waals surface area contributed by atoms with E-state index in [1.54, 1.807) is 24.9 Å². The van der Waals surface area contributed by atoms with Crippen molar-refractivity contribution >= 4 is 18.3 Å². The third-order valence-electron chi connectivity index (χ3n) is 4.91. The van der Waals surface area contributed by atoms with Crippen LogP contribution in [0.25, 0.3) is 11.4 Å². The van der Waals surface area contributed by atoms with Crippen molar-refractivity contribution in [3.63, 3.8) is 0 Å². The van der Waals surface area contributed by atoms with Crippen LogP contribution in [0.4, 0.5) is 0 Å². The van der Waals surface area contributed by atoms with Gasteiger partial charge in [0.1, 0.15) is 11.8 Å². The number of carbonyl (C=O) groups excluding carboxylic acids is 1. The summed E-state index contributed by atoms with van der Waals surface area (Å²) >= 11 is 0. The quantitative estimate of drug-likeness (QED) is 0.606. The van der Waals surface area contributed by atoms with Crippen molar-refractivity contribution in [1.29, 1.82) is 0 Å². The molecule has 1 aromatic carbocycles. The predicted octanol–water partition coefficient (Wildman–Crippen LogP) is 2.17. The van der Waals surface area contributed by atoms with Gasteiger partial charge in [-0.1, -0.05) is 22.5 Å². The highest BCUT2D eigenvalue weighted by Crippen LogP contribution is 2.23. The second-order valence-electron chi connectivity index (χ2n) is 6.95. The van der Waals surface area contributed by atoms with Crippen LogP contribution in [0.1, 0.15) is 48.2 Å². The molecule has 2 N–H and O–H groups in total. The van der Waals surface area contributed by atoms with Gasteiger partial charge in [-0.25, -0.2) is 4.68 Å². The first-order valence-corrected chi connectivity index (χ1v) is 9.55. The number of hydrogen-bond acceptors (Lipinski definition) is 8. The van der Waals surface area contributed by atoms with Crippen LogP contribution in [0.15, 0.2) is 35.0 Å². The van der Waals surface area contributed by atoms with Gasteiger partial charge >= 0.3 is 0 Å². The van der Waals surface area contributed by atoms with Gasteiger partial charge in [0.25, 0.3) is 5.91 Å². The fourth-order valence-electron chi connectivity index (χ4n) is 3.25. The highest BCUT2D eigenvalue weighted by Gasteiger charge is 2.22. The van der Waals surface area contributed by atoms with E-state index >= 15 is 0 Å². The molecule has 30 heavy (non-hydrogen) atoms. The molecule has 1 aliphatic heterocycles. The summed E-state index contributed by atoms with van der Waals surface area (Å²) in [5.41, 5.74) is 1.03. The zero-order valence-electron chi connectivity index (χ0n) is 16.7. The van der Waals surface area contributed by atoms with Gasteiger partial charge in [0.2, 0.25) is 11.7 Å². The average molecular weight is 434 g/mol. The van der Waals surface area contributed by atoms with Crippen molar-refractivity contribution in [3.8, 4) is 17.1 Å². The van der Waals surface area contributed by atoms with Crippen LogP contribution < -0.4 is 15.4 Å². The van der Waals surface area contributed by atoms with Crippen molar-refractivity contribution in [2.24, 2.45) is 0 Å². The van der Waals surface area contributed by atoms with E-state index in [9.17, 15) is 4.79 Å². The molecule has 1 amide bonds. The van der Waals surface area contributed by atoms with Gasteiger partial charge in [0, 0.05) is 5.56 Å². The van der Waals surface area contributed by atoms with Gasteiger partial charge in [0.15, 0.2) is 5.69 Å². The molecule has 3 aromatic rings. The molecule has 4 rings (SSSR count). The predicted molar refractivity (Wildman–Crippen MR) is 111 cm³/mol. The van der Waals surface area contributed by atoms with Crippen LogP contribution in [0, 0.1) is 0 Å². The van der Waals surface area contributed by atoms with Gasteiger partial charge in [-0.3, -0.25) is 4.79 Å². The largest absolute Gasteiger partial charge is 0.497 e. The normalized spacial score (nSPS) is 15.3. The summed E-state index contributed by atoms with van der Waals surface area (Å²) in [5, 5.41) is 18.3. The molecule has 0 spiro atoms. The Morgan fingerprint density at radius 3 is 2.93 bits per heavy atom. The number of nitrogens with one attached hydrogen (secondary N) is 2. The van der Waals surface area contributed by atoms with Crippen LogP contribution in [-0.2, 0) is 0 Å². The zero-order chi connectivity index (χ0) is 20.2. The van der Waals surface area contributed by atoms with E-state index in [4.69, 9.17) is 9.26 Å². The van der Waals surface area contributed by atoms with Crippen LogP contribution in [0.5, 0.6) is 5.75 Å². The molecule has 1 saturated heterocycles. The van der Waals surface area contributed by atoms with Crippen molar-refractivity contribution in [3.05, 3.63) is 42.0 Å². The molecule has 3 heterocycles. The lowest BCUT2D eigenvalue weighted by atomic mass is 10.1. The molecule has 0 radical (unpaired) electrons. The minimum Gasteiger partial charge on any atom is -0.497 e. The Morgan fingerprint density at radius 1 is 1.37 bits per heavy atom. The number of piperidine rings is 1. The number of ether oxygens (including phenoxy) is 1. The minimum atomic E-state index is -0.474. The Labute approximate surface area is 179 Å². The molecule has 0 saturated carbocycles. The Balaban J connectivity index is 0.00000256. The van der Waals surface area contributed by atoms with Gasteiger partial charge in [-0.15, -0.1) is 17.5 Å². The van der Waals surface area contributed by atoms with E-state index in [0.717, 1.165) is 31.5 Å². The van der Waals surface area contributed by atoms with Crippen LogP contribution >= 0.6 is 12.4 Å². The Kier molecular flexibility index (Phi) is 7.01. The third-order valence-corrected chi connectivity index (χ3v) is 4.91. The maximum absolute atomic E-state index is 12.5. The smallest absolute Gasteiger partial charge is 0.274 e. The number of hydrogen-bond donors (Lipinski definition) is 2. The second-order valence-corrected chi connectivity index (χ2v) is 6.95. The summed E-state index contributed by atoms with van der Waals surface area (Å²) in [4.78, 5) is 16.9. The van der Waals surface area contributed by atoms with E-state index in [-0.39, 0.29) is 30.0 Å². The van der Waals surface area contributed by atoms with E-state index in [1.807, 2.05) is 24.3 Å². The maximum atomic E-state index is 12.5. The Morgan fingerprint density at radius 2 is 2.17 bits per heavy atom. The summed E-state index contributed by atoms with van der Waals surface area (Å²) in [7, 11) is 1.60. The summed E-state index contributed by atoms with van der Waals surface area (Å²) < 4.78 is 12.3. The van der Waals surface area contributed by atoms with Gasteiger partial charge in [0.05, 0.1) is 19.3 Å². The molecular formula is C19H24ClN7O3. The Bertz CT molecular complexity index is 984. The standard InChI is InChI=1S/C19H23N7O3.ClH/c1-12(19-22-17(24-29-19)13-4-3-5-15(10-13)28-2)21-18(27)16-11-26(25-23-16)14-6-8-20-9-7-14;/h3-5,10-12,14,20H,6-9H2,1-2H3,(H,21,27);1H. The molecule has 2 aromatic heterocycles.